The van der Waals surface area contributed by atoms with Gasteiger partial charge in [-0.05, 0) is 18.1 Å². The van der Waals surface area contributed by atoms with Crippen LogP contribution in [0, 0.1) is 0 Å². The average molecular weight is 520 g/mol. The van der Waals surface area contributed by atoms with E-state index in [9.17, 15) is 22.8 Å². The molecule has 0 saturated carbocycles. The summed E-state index contributed by atoms with van der Waals surface area (Å²) in [6, 6.07) is 10.5. The molecule has 3 aromatic rings. The summed E-state index contributed by atoms with van der Waals surface area (Å²) in [7, 11) is 1.58. The topological polar surface area (TPSA) is 116 Å². The van der Waals surface area contributed by atoms with Gasteiger partial charge in [0.05, 0.1) is 11.9 Å². The van der Waals surface area contributed by atoms with Gasteiger partial charge >= 0.3 is 6.18 Å². The van der Waals surface area contributed by atoms with Gasteiger partial charge in [-0.2, -0.15) is 13.2 Å². The normalized spacial score (nSPS) is 15.8. The number of carbonyl (C=O) groups is 2. The Morgan fingerprint density at radius 3 is 2.81 bits per heavy atom. The van der Waals surface area contributed by atoms with Gasteiger partial charge in [0.2, 0.25) is 11.7 Å². The number of likely N-dealkylation sites (N-methyl/N-ethyl adjacent to an activating group) is 1. The number of aromatic nitrogens is 4. The summed E-state index contributed by atoms with van der Waals surface area (Å²) in [5.41, 5.74) is 1.56. The number of thioether (sulfide) groups is 1. The maximum Gasteiger partial charge on any atom is 0.389 e. The van der Waals surface area contributed by atoms with Crippen LogP contribution >= 0.6 is 11.8 Å². The van der Waals surface area contributed by atoms with Crippen LogP contribution < -0.4 is 15.5 Å². The number of fused-ring (bicyclic) bond motifs is 1. The minimum absolute atomic E-state index is 0.0600. The van der Waals surface area contributed by atoms with Crippen LogP contribution in [0.4, 0.5) is 24.7 Å². The number of hydrogen-bond acceptors (Lipinski definition) is 7. The van der Waals surface area contributed by atoms with Gasteiger partial charge in [0, 0.05) is 37.1 Å². The van der Waals surface area contributed by atoms with Crippen molar-refractivity contribution in [1.82, 2.24) is 25.5 Å². The van der Waals surface area contributed by atoms with E-state index >= 15 is 0 Å². The number of hydrogen-bond donors (Lipinski definition) is 3. The summed E-state index contributed by atoms with van der Waals surface area (Å²) in [5.74, 6) is 0.226. The van der Waals surface area contributed by atoms with Crippen molar-refractivity contribution in [2.45, 2.75) is 36.4 Å². The van der Waals surface area contributed by atoms with Crippen molar-refractivity contribution in [3.63, 3.8) is 0 Å². The van der Waals surface area contributed by atoms with Gasteiger partial charge in [-0.1, -0.05) is 30.3 Å². The van der Waals surface area contributed by atoms with Crippen molar-refractivity contribution in [1.29, 1.82) is 0 Å². The monoisotopic (exact) mass is 519 g/mol. The highest BCUT2D eigenvalue weighted by atomic mass is 32.2. The van der Waals surface area contributed by atoms with Gasteiger partial charge in [0.1, 0.15) is 17.7 Å². The molecule has 1 atom stereocenters. The first-order valence-corrected chi connectivity index (χ1v) is 12.2. The van der Waals surface area contributed by atoms with Gasteiger partial charge in [-0.3, -0.25) is 14.7 Å². The molecule has 1 aliphatic heterocycles. The molecule has 0 bridgehead atoms. The number of pyridine rings is 1. The van der Waals surface area contributed by atoms with Crippen LogP contribution in [0.3, 0.4) is 0 Å². The highest BCUT2D eigenvalue weighted by molar-refractivity contribution is 7.99. The van der Waals surface area contributed by atoms with Crippen molar-refractivity contribution in [3.8, 4) is 0 Å². The van der Waals surface area contributed by atoms with E-state index in [1.165, 1.54) is 22.9 Å². The highest BCUT2D eigenvalue weighted by Crippen LogP contribution is 2.34. The second-order valence-electron chi connectivity index (χ2n) is 8.19. The SMILES string of the molecule is CN1C(=O)[C@@H](NC(=O)c2n[nH]c(Cc3ccccc3)n2)CSc2cc(NCCCC(F)(F)F)ncc21. The number of rotatable bonds is 8. The molecular formula is C23H24F3N7O2S. The molecule has 1 aliphatic rings. The molecule has 9 nitrogen and oxygen atoms in total. The van der Waals surface area contributed by atoms with Crippen LogP contribution in [-0.4, -0.2) is 63.5 Å². The lowest BCUT2D eigenvalue weighted by Crippen LogP contribution is -2.48. The third-order valence-corrected chi connectivity index (χ3v) is 6.58. The van der Waals surface area contributed by atoms with Gasteiger partial charge in [0.25, 0.3) is 5.91 Å². The molecule has 2 amide bonds. The Kier molecular flexibility index (Phi) is 7.77. The smallest absolute Gasteiger partial charge is 0.370 e. The average Bonchev–Trinajstić information content (AvgIpc) is 3.28. The number of benzene rings is 1. The molecule has 0 unspecified atom stereocenters. The number of nitrogens with one attached hydrogen (secondary N) is 3. The molecule has 0 fully saturated rings. The van der Waals surface area contributed by atoms with Crippen molar-refractivity contribution in [2.24, 2.45) is 0 Å². The standard InChI is InChI=1S/C23H24F3N7O2S/c1-33-16-12-28-18(27-9-5-8-23(24,25)26)11-17(16)36-13-15(22(33)35)29-21(34)20-30-19(31-32-20)10-14-6-3-2-4-7-14/h2-4,6-7,11-12,15H,5,8-10,13H2,1H3,(H,27,28)(H,29,34)(H,30,31,32)/t15-/m0/s1. The molecule has 0 aliphatic carbocycles. The van der Waals surface area contributed by atoms with Crippen LogP contribution in [0.25, 0.3) is 0 Å². The molecule has 0 spiro atoms. The molecule has 1 aromatic carbocycles. The Labute approximate surface area is 209 Å². The van der Waals surface area contributed by atoms with Crippen molar-refractivity contribution >= 4 is 35.1 Å². The van der Waals surface area contributed by atoms with Crippen LogP contribution in [-0.2, 0) is 11.2 Å². The molecule has 0 radical (unpaired) electrons. The molecule has 2 aromatic heterocycles. The summed E-state index contributed by atoms with van der Waals surface area (Å²) in [4.78, 5) is 36.3. The van der Waals surface area contributed by atoms with Crippen LogP contribution in [0.15, 0.2) is 47.5 Å². The molecule has 13 heteroatoms. The van der Waals surface area contributed by atoms with Crippen LogP contribution in [0.2, 0.25) is 0 Å². The first kappa shape index (κ1) is 25.5. The Hall–Kier alpha value is -3.61. The Morgan fingerprint density at radius 1 is 1.28 bits per heavy atom. The fraction of sp³-hybridized carbons (Fsp3) is 0.348. The quantitative estimate of drug-likeness (QED) is 0.391. The zero-order chi connectivity index (χ0) is 25.7. The Bertz CT molecular complexity index is 1220. The number of carbonyl (C=O) groups excluding carboxylic acids is 2. The van der Waals surface area contributed by atoms with E-state index < -0.39 is 24.5 Å². The predicted octanol–water partition coefficient (Wildman–Crippen LogP) is 3.41. The van der Waals surface area contributed by atoms with Gasteiger partial charge in [0.15, 0.2) is 0 Å². The first-order chi connectivity index (χ1) is 17.2. The van der Waals surface area contributed by atoms with Crippen LogP contribution in [0.5, 0.6) is 0 Å². The summed E-state index contributed by atoms with van der Waals surface area (Å²) >= 11 is 1.34. The lowest BCUT2D eigenvalue weighted by molar-refractivity contribution is -0.134. The van der Waals surface area contributed by atoms with E-state index in [0.717, 1.165) is 10.5 Å². The number of aromatic amines is 1. The summed E-state index contributed by atoms with van der Waals surface area (Å²) in [6.45, 7) is 0.117. The van der Waals surface area contributed by atoms with Crippen molar-refractivity contribution in [2.75, 3.05) is 29.6 Å². The summed E-state index contributed by atoms with van der Waals surface area (Å²) < 4.78 is 37.0. The minimum atomic E-state index is -4.20. The van der Waals surface area contributed by atoms with Gasteiger partial charge in [-0.25, -0.2) is 9.97 Å². The van der Waals surface area contributed by atoms with E-state index in [4.69, 9.17) is 0 Å². The zero-order valence-electron chi connectivity index (χ0n) is 19.3. The van der Waals surface area contributed by atoms with Gasteiger partial charge in [-0.15, -0.1) is 16.9 Å². The van der Waals surface area contributed by atoms with E-state index in [2.05, 4.69) is 30.8 Å². The summed E-state index contributed by atoms with van der Waals surface area (Å²) in [5, 5.41) is 12.3. The third-order valence-electron chi connectivity index (χ3n) is 5.44. The summed E-state index contributed by atoms with van der Waals surface area (Å²) in [6.07, 6.45) is -3.18. The minimum Gasteiger partial charge on any atom is -0.370 e. The van der Waals surface area contributed by atoms with E-state index in [0.29, 0.717) is 23.8 Å². The Morgan fingerprint density at radius 2 is 2.06 bits per heavy atom. The highest BCUT2D eigenvalue weighted by Gasteiger charge is 2.31. The first-order valence-electron chi connectivity index (χ1n) is 11.2. The molecule has 4 rings (SSSR count). The largest absolute Gasteiger partial charge is 0.389 e. The molecule has 0 saturated heterocycles. The molecule has 190 valence electrons. The van der Waals surface area contributed by atoms with E-state index in [-0.39, 0.29) is 30.5 Å². The number of anilines is 2. The number of amides is 2. The van der Waals surface area contributed by atoms with Gasteiger partial charge < -0.3 is 15.5 Å². The molecule has 36 heavy (non-hydrogen) atoms. The van der Waals surface area contributed by atoms with E-state index in [1.54, 1.807) is 13.1 Å². The number of alkyl halides is 3. The maximum atomic E-state index is 13.0. The van der Waals surface area contributed by atoms with Crippen molar-refractivity contribution < 1.29 is 22.8 Å². The second kappa shape index (κ2) is 11.0. The van der Waals surface area contributed by atoms with Crippen molar-refractivity contribution in [3.05, 3.63) is 59.8 Å². The predicted molar refractivity (Wildman–Crippen MR) is 129 cm³/mol. The Balaban J connectivity index is 1.37. The lowest BCUT2D eigenvalue weighted by Gasteiger charge is -2.21. The maximum absolute atomic E-state index is 13.0. The second-order valence-corrected chi connectivity index (χ2v) is 9.25. The fourth-order valence-electron chi connectivity index (χ4n) is 3.59. The number of H-pyrrole nitrogens is 1. The lowest BCUT2D eigenvalue weighted by atomic mass is 10.1. The third kappa shape index (κ3) is 6.53. The fourth-order valence-corrected chi connectivity index (χ4v) is 4.69. The number of nitrogens with zero attached hydrogens (tertiary/aromatic N) is 4. The molecular weight excluding hydrogens is 495 g/mol. The number of halogens is 3. The molecule has 3 N–H and O–H groups in total. The molecule has 3 heterocycles. The van der Waals surface area contributed by atoms with Crippen LogP contribution in [0.1, 0.15) is 34.8 Å². The zero-order valence-corrected chi connectivity index (χ0v) is 20.1. The van der Waals surface area contributed by atoms with E-state index in [1.807, 2.05) is 30.3 Å².